The summed E-state index contributed by atoms with van der Waals surface area (Å²) in [6.45, 7) is 4.93. The van der Waals surface area contributed by atoms with Crippen LogP contribution in [0.1, 0.15) is 30.9 Å². The molecule has 0 unspecified atom stereocenters. The minimum atomic E-state index is -0.464. The second-order valence-electron chi connectivity index (χ2n) is 3.94. The number of urea groups is 1. The molecule has 0 bridgehead atoms. The molecule has 0 radical (unpaired) electrons. The van der Waals surface area contributed by atoms with E-state index in [0.29, 0.717) is 12.5 Å². The minimum Gasteiger partial charge on any atom is -0.352 e. The smallest absolute Gasteiger partial charge is 0.312 e. The van der Waals surface area contributed by atoms with Gasteiger partial charge in [0.25, 0.3) is 0 Å². The first-order chi connectivity index (χ1) is 7.09. The van der Waals surface area contributed by atoms with Crippen molar-refractivity contribution in [2.24, 2.45) is 5.73 Å². The van der Waals surface area contributed by atoms with Crippen LogP contribution in [0.2, 0.25) is 0 Å². The highest BCUT2D eigenvalue weighted by Gasteiger charge is 1.99. The summed E-state index contributed by atoms with van der Waals surface area (Å²) >= 11 is 0. The summed E-state index contributed by atoms with van der Waals surface area (Å²) in [5.74, 6) is 0.558. The Labute approximate surface area is 90.7 Å². The second kappa shape index (κ2) is 5.39. The van der Waals surface area contributed by atoms with Gasteiger partial charge < -0.3 is 11.1 Å². The van der Waals surface area contributed by atoms with Gasteiger partial charge in [0.1, 0.15) is 0 Å². The average molecular weight is 206 g/mol. The van der Waals surface area contributed by atoms with E-state index in [4.69, 9.17) is 5.73 Å². The van der Waals surface area contributed by atoms with Crippen LogP contribution >= 0.6 is 0 Å². The van der Waals surface area contributed by atoms with E-state index in [1.165, 1.54) is 11.1 Å². The summed E-state index contributed by atoms with van der Waals surface area (Å²) in [5, 5.41) is 2.57. The Balaban J connectivity index is 2.46. The molecule has 0 saturated heterocycles. The SMILES string of the molecule is CC(C)c1ccc(CCNC(N)=O)cc1. The predicted molar refractivity (Wildman–Crippen MR) is 61.8 cm³/mol. The van der Waals surface area contributed by atoms with Crippen molar-refractivity contribution in [2.75, 3.05) is 6.54 Å². The first-order valence-corrected chi connectivity index (χ1v) is 5.21. The van der Waals surface area contributed by atoms with Crippen LogP contribution in [-0.2, 0) is 6.42 Å². The Hall–Kier alpha value is -1.51. The molecule has 0 aliphatic rings. The third kappa shape index (κ3) is 4.02. The van der Waals surface area contributed by atoms with Gasteiger partial charge in [0.05, 0.1) is 0 Å². The molecule has 0 aliphatic heterocycles. The number of rotatable bonds is 4. The predicted octanol–water partition coefficient (Wildman–Crippen LogP) is 2.02. The van der Waals surface area contributed by atoms with E-state index in [1.54, 1.807) is 0 Å². The Bertz CT molecular complexity index is 317. The lowest BCUT2D eigenvalue weighted by atomic mass is 10.0. The maximum Gasteiger partial charge on any atom is 0.312 e. The highest BCUT2D eigenvalue weighted by molar-refractivity contribution is 5.71. The molecule has 3 N–H and O–H groups in total. The average Bonchev–Trinajstić information content (AvgIpc) is 2.18. The van der Waals surface area contributed by atoms with Crippen molar-refractivity contribution in [3.05, 3.63) is 35.4 Å². The zero-order valence-electron chi connectivity index (χ0n) is 9.29. The fourth-order valence-electron chi connectivity index (χ4n) is 1.40. The zero-order chi connectivity index (χ0) is 11.3. The van der Waals surface area contributed by atoms with Crippen molar-refractivity contribution in [3.63, 3.8) is 0 Å². The van der Waals surface area contributed by atoms with E-state index in [-0.39, 0.29) is 0 Å². The molecule has 3 nitrogen and oxygen atoms in total. The third-order valence-electron chi connectivity index (χ3n) is 2.36. The molecule has 15 heavy (non-hydrogen) atoms. The van der Waals surface area contributed by atoms with Gasteiger partial charge in [-0.05, 0) is 23.5 Å². The maximum absolute atomic E-state index is 10.4. The van der Waals surface area contributed by atoms with E-state index in [9.17, 15) is 4.79 Å². The molecule has 0 spiro atoms. The molecule has 2 amide bonds. The van der Waals surface area contributed by atoms with Crippen molar-refractivity contribution in [1.29, 1.82) is 0 Å². The molecule has 3 heteroatoms. The molecule has 0 saturated carbocycles. The third-order valence-corrected chi connectivity index (χ3v) is 2.36. The van der Waals surface area contributed by atoms with Gasteiger partial charge in [0.15, 0.2) is 0 Å². The summed E-state index contributed by atoms with van der Waals surface area (Å²) in [6.07, 6.45) is 0.821. The lowest BCUT2D eigenvalue weighted by Crippen LogP contribution is -2.30. The molecule has 1 rings (SSSR count). The fourth-order valence-corrected chi connectivity index (χ4v) is 1.40. The van der Waals surface area contributed by atoms with Crippen molar-refractivity contribution >= 4 is 6.03 Å². The fraction of sp³-hybridized carbons (Fsp3) is 0.417. The summed E-state index contributed by atoms with van der Waals surface area (Å²) in [5.41, 5.74) is 7.52. The Morgan fingerprint density at radius 3 is 2.40 bits per heavy atom. The molecule has 82 valence electrons. The second-order valence-corrected chi connectivity index (χ2v) is 3.94. The molecule has 0 atom stereocenters. The highest BCUT2D eigenvalue weighted by Crippen LogP contribution is 2.14. The quantitative estimate of drug-likeness (QED) is 0.778. The molecule has 0 heterocycles. The molecule has 0 fully saturated rings. The van der Waals surface area contributed by atoms with E-state index < -0.39 is 6.03 Å². The number of hydrogen-bond acceptors (Lipinski definition) is 1. The number of carbonyl (C=O) groups excluding carboxylic acids is 1. The summed E-state index contributed by atoms with van der Waals surface area (Å²) in [4.78, 5) is 10.4. The molecule has 1 aromatic carbocycles. The van der Waals surface area contributed by atoms with Gasteiger partial charge in [-0.25, -0.2) is 4.79 Å². The van der Waals surface area contributed by atoms with Crippen molar-refractivity contribution in [2.45, 2.75) is 26.2 Å². The van der Waals surface area contributed by atoms with Gasteiger partial charge in [0, 0.05) is 6.54 Å². The number of nitrogens with one attached hydrogen (secondary N) is 1. The Morgan fingerprint density at radius 1 is 1.33 bits per heavy atom. The lowest BCUT2D eigenvalue weighted by Gasteiger charge is -2.07. The van der Waals surface area contributed by atoms with Gasteiger partial charge in [0.2, 0.25) is 0 Å². The van der Waals surface area contributed by atoms with Crippen LogP contribution in [0.15, 0.2) is 24.3 Å². The molecule has 0 aromatic heterocycles. The van der Waals surface area contributed by atoms with Gasteiger partial charge in [-0.3, -0.25) is 0 Å². The number of carbonyl (C=O) groups is 1. The Morgan fingerprint density at radius 2 is 1.93 bits per heavy atom. The molecule has 0 aliphatic carbocycles. The van der Waals surface area contributed by atoms with E-state index in [2.05, 4.69) is 43.4 Å². The van der Waals surface area contributed by atoms with Crippen molar-refractivity contribution < 1.29 is 4.79 Å². The van der Waals surface area contributed by atoms with Crippen LogP contribution in [-0.4, -0.2) is 12.6 Å². The lowest BCUT2D eigenvalue weighted by molar-refractivity contribution is 0.249. The van der Waals surface area contributed by atoms with Gasteiger partial charge in [-0.15, -0.1) is 0 Å². The normalized spacial score (nSPS) is 10.3. The van der Waals surface area contributed by atoms with Crippen LogP contribution in [0, 0.1) is 0 Å². The van der Waals surface area contributed by atoms with Crippen LogP contribution < -0.4 is 11.1 Å². The minimum absolute atomic E-state index is 0.464. The molecule has 1 aromatic rings. The van der Waals surface area contributed by atoms with E-state index in [0.717, 1.165) is 6.42 Å². The largest absolute Gasteiger partial charge is 0.352 e. The van der Waals surface area contributed by atoms with Crippen LogP contribution in [0.3, 0.4) is 0 Å². The molecular weight excluding hydrogens is 188 g/mol. The highest BCUT2D eigenvalue weighted by atomic mass is 16.2. The first-order valence-electron chi connectivity index (χ1n) is 5.21. The zero-order valence-corrected chi connectivity index (χ0v) is 9.29. The number of hydrogen-bond donors (Lipinski definition) is 2. The van der Waals surface area contributed by atoms with E-state index >= 15 is 0 Å². The van der Waals surface area contributed by atoms with Crippen molar-refractivity contribution in [3.8, 4) is 0 Å². The number of nitrogens with two attached hydrogens (primary N) is 1. The monoisotopic (exact) mass is 206 g/mol. The van der Waals surface area contributed by atoms with Gasteiger partial charge >= 0.3 is 6.03 Å². The summed E-state index contributed by atoms with van der Waals surface area (Å²) in [6, 6.07) is 7.98. The van der Waals surface area contributed by atoms with Gasteiger partial charge in [-0.2, -0.15) is 0 Å². The Kier molecular flexibility index (Phi) is 4.16. The number of primary amides is 1. The van der Waals surface area contributed by atoms with E-state index in [1.807, 2.05) is 0 Å². The number of amides is 2. The summed E-state index contributed by atoms with van der Waals surface area (Å²) < 4.78 is 0. The summed E-state index contributed by atoms with van der Waals surface area (Å²) in [7, 11) is 0. The number of benzene rings is 1. The first kappa shape index (κ1) is 11.6. The standard InChI is InChI=1S/C12H18N2O/c1-9(2)11-5-3-10(4-6-11)7-8-14-12(13)15/h3-6,9H,7-8H2,1-2H3,(H3,13,14,15). The van der Waals surface area contributed by atoms with Crippen LogP contribution in [0.5, 0.6) is 0 Å². The molecular formula is C12H18N2O. The van der Waals surface area contributed by atoms with Crippen LogP contribution in [0.25, 0.3) is 0 Å². The maximum atomic E-state index is 10.4. The van der Waals surface area contributed by atoms with Gasteiger partial charge in [-0.1, -0.05) is 38.1 Å². The van der Waals surface area contributed by atoms with Crippen molar-refractivity contribution in [1.82, 2.24) is 5.32 Å². The topological polar surface area (TPSA) is 55.1 Å². The van der Waals surface area contributed by atoms with Crippen LogP contribution in [0.4, 0.5) is 4.79 Å².